The predicted molar refractivity (Wildman–Crippen MR) is 65.6 cm³/mol. The van der Waals surface area contributed by atoms with E-state index < -0.39 is 11.6 Å². The maximum absolute atomic E-state index is 13.5. The lowest BCUT2D eigenvalue weighted by Crippen LogP contribution is -2.02. The van der Waals surface area contributed by atoms with Gasteiger partial charge in [0.1, 0.15) is 29.1 Å². The number of rotatable bonds is 3. The Morgan fingerprint density at radius 2 is 1.89 bits per heavy atom. The van der Waals surface area contributed by atoms with Gasteiger partial charge in [-0.1, -0.05) is 0 Å². The molecule has 1 heterocycles. The number of nitrogens with zero attached hydrogens (tertiary/aromatic N) is 3. The third kappa shape index (κ3) is 3.13. The molecule has 0 bridgehead atoms. The highest BCUT2D eigenvalue weighted by Gasteiger charge is 2.06. The summed E-state index contributed by atoms with van der Waals surface area (Å²) in [6.45, 7) is 1.63. The van der Waals surface area contributed by atoms with Crippen LogP contribution in [-0.4, -0.2) is 9.97 Å². The topological polar surface area (TPSA) is 73.6 Å². The molecule has 1 aromatic heterocycles. The number of nitrogens with one attached hydrogen (secondary N) is 2. The van der Waals surface area contributed by atoms with Gasteiger partial charge in [-0.25, -0.2) is 18.7 Å². The third-order valence-corrected chi connectivity index (χ3v) is 2.22. The summed E-state index contributed by atoms with van der Waals surface area (Å²) in [4.78, 5) is 8.01. The van der Waals surface area contributed by atoms with Crippen LogP contribution in [0.15, 0.2) is 24.3 Å². The first-order valence-corrected chi connectivity index (χ1v) is 5.31. The summed E-state index contributed by atoms with van der Waals surface area (Å²) in [5.74, 6) is -0.388. The molecule has 0 spiro atoms. The Kier molecular flexibility index (Phi) is 3.52. The number of nitriles is 1. The molecule has 5 nitrogen and oxygen atoms in total. The van der Waals surface area contributed by atoms with E-state index >= 15 is 0 Å². The molecule has 0 unspecified atom stereocenters. The molecule has 96 valence electrons. The van der Waals surface area contributed by atoms with Crippen LogP contribution in [0.5, 0.6) is 0 Å². The average molecular weight is 261 g/mol. The molecule has 0 radical (unpaired) electrons. The van der Waals surface area contributed by atoms with Crippen molar-refractivity contribution in [3.8, 4) is 6.19 Å². The molecule has 0 aliphatic rings. The highest BCUT2D eigenvalue weighted by atomic mass is 19.1. The van der Waals surface area contributed by atoms with Crippen molar-refractivity contribution >= 4 is 17.3 Å². The first kappa shape index (κ1) is 12.7. The Balaban J connectivity index is 2.30. The van der Waals surface area contributed by atoms with E-state index in [1.54, 1.807) is 13.1 Å². The van der Waals surface area contributed by atoms with Crippen molar-refractivity contribution in [1.82, 2.24) is 9.97 Å². The summed E-state index contributed by atoms with van der Waals surface area (Å²) in [5, 5.41) is 13.6. The molecule has 0 amide bonds. The summed E-state index contributed by atoms with van der Waals surface area (Å²) in [7, 11) is 0. The van der Waals surface area contributed by atoms with Crippen LogP contribution < -0.4 is 10.6 Å². The number of halogens is 2. The fourth-order valence-corrected chi connectivity index (χ4v) is 1.48. The average Bonchev–Trinajstić information content (AvgIpc) is 2.32. The standard InChI is InChI=1S/C12H9F2N5/c1-7-17-11(16-6-15)5-12(18-7)19-10-3-2-8(13)4-9(10)14/h2-5H,1H3,(H2,16,17,18,19). The van der Waals surface area contributed by atoms with Gasteiger partial charge in [-0.2, -0.15) is 5.26 Å². The molecule has 2 aromatic rings. The Morgan fingerprint density at radius 1 is 1.16 bits per heavy atom. The zero-order chi connectivity index (χ0) is 13.8. The molecule has 0 atom stereocenters. The van der Waals surface area contributed by atoms with Gasteiger partial charge in [0.2, 0.25) is 0 Å². The number of aromatic nitrogens is 2. The van der Waals surface area contributed by atoms with E-state index in [0.29, 0.717) is 17.5 Å². The van der Waals surface area contributed by atoms with Gasteiger partial charge in [0, 0.05) is 12.1 Å². The van der Waals surface area contributed by atoms with Crippen LogP contribution in [0.1, 0.15) is 5.82 Å². The molecule has 2 N–H and O–H groups in total. The molecule has 0 saturated carbocycles. The third-order valence-electron chi connectivity index (χ3n) is 2.22. The lowest BCUT2D eigenvalue weighted by Gasteiger charge is -2.08. The van der Waals surface area contributed by atoms with Crippen LogP contribution in [0.4, 0.5) is 26.1 Å². The van der Waals surface area contributed by atoms with E-state index in [2.05, 4.69) is 20.6 Å². The lowest BCUT2D eigenvalue weighted by molar-refractivity contribution is 0.586. The molecule has 2 rings (SSSR count). The van der Waals surface area contributed by atoms with E-state index in [-0.39, 0.29) is 5.69 Å². The van der Waals surface area contributed by atoms with Crippen molar-refractivity contribution in [3.05, 3.63) is 41.7 Å². The molecule has 0 saturated heterocycles. The van der Waals surface area contributed by atoms with E-state index in [9.17, 15) is 8.78 Å². The van der Waals surface area contributed by atoms with Gasteiger partial charge in [0.25, 0.3) is 0 Å². The van der Waals surface area contributed by atoms with Crippen molar-refractivity contribution in [2.45, 2.75) is 6.92 Å². The van der Waals surface area contributed by atoms with Crippen LogP contribution >= 0.6 is 0 Å². The van der Waals surface area contributed by atoms with Crippen molar-refractivity contribution in [2.24, 2.45) is 0 Å². The Morgan fingerprint density at radius 3 is 2.58 bits per heavy atom. The molecule has 0 fully saturated rings. The van der Waals surface area contributed by atoms with Crippen LogP contribution in [-0.2, 0) is 0 Å². The van der Waals surface area contributed by atoms with Crippen molar-refractivity contribution < 1.29 is 8.78 Å². The van der Waals surface area contributed by atoms with E-state index in [1.807, 2.05) is 0 Å². The minimum absolute atomic E-state index is 0.0856. The number of benzene rings is 1. The summed E-state index contributed by atoms with van der Waals surface area (Å²) < 4.78 is 26.2. The summed E-state index contributed by atoms with van der Waals surface area (Å²) in [6, 6.07) is 4.61. The Bertz CT molecular complexity index is 651. The summed E-state index contributed by atoms with van der Waals surface area (Å²) >= 11 is 0. The largest absolute Gasteiger partial charge is 0.338 e. The van der Waals surface area contributed by atoms with Crippen LogP contribution in [0, 0.1) is 30.0 Å². The van der Waals surface area contributed by atoms with E-state index in [4.69, 9.17) is 5.26 Å². The molecular weight excluding hydrogens is 252 g/mol. The minimum atomic E-state index is -0.731. The second kappa shape index (κ2) is 5.27. The molecule has 0 aliphatic heterocycles. The van der Waals surface area contributed by atoms with Gasteiger partial charge in [-0.3, -0.25) is 5.32 Å². The van der Waals surface area contributed by atoms with E-state index in [0.717, 1.165) is 12.1 Å². The normalized spacial score (nSPS) is 9.79. The molecular formula is C12H9F2N5. The second-order valence-electron chi connectivity index (χ2n) is 3.67. The SMILES string of the molecule is Cc1nc(NC#N)cc(Nc2ccc(F)cc2F)n1. The number of aryl methyl sites for hydroxylation is 1. The molecule has 1 aromatic carbocycles. The van der Waals surface area contributed by atoms with Gasteiger partial charge in [-0.15, -0.1) is 0 Å². The minimum Gasteiger partial charge on any atom is -0.338 e. The Labute approximate surface area is 107 Å². The van der Waals surface area contributed by atoms with Crippen molar-refractivity contribution in [2.75, 3.05) is 10.6 Å². The molecule has 0 aliphatic carbocycles. The summed E-state index contributed by atoms with van der Waals surface area (Å²) in [6.07, 6.45) is 1.73. The van der Waals surface area contributed by atoms with E-state index in [1.165, 1.54) is 12.1 Å². The Hall–Kier alpha value is -2.75. The highest BCUT2D eigenvalue weighted by Crippen LogP contribution is 2.20. The zero-order valence-corrected chi connectivity index (χ0v) is 9.91. The molecule has 19 heavy (non-hydrogen) atoms. The van der Waals surface area contributed by atoms with Crippen LogP contribution in [0.25, 0.3) is 0 Å². The quantitative estimate of drug-likeness (QED) is 0.656. The fraction of sp³-hybridized carbons (Fsp3) is 0.0833. The number of hydrogen-bond donors (Lipinski definition) is 2. The number of hydrogen-bond acceptors (Lipinski definition) is 5. The number of anilines is 3. The summed E-state index contributed by atoms with van der Waals surface area (Å²) in [5.41, 5.74) is 0.0856. The van der Waals surface area contributed by atoms with Crippen molar-refractivity contribution in [3.63, 3.8) is 0 Å². The van der Waals surface area contributed by atoms with Crippen LogP contribution in [0.2, 0.25) is 0 Å². The first-order valence-electron chi connectivity index (χ1n) is 5.31. The molecule has 7 heteroatoms. The maximum atomic E-state index is 13.5. The van der Waals surface area contributed by atoms with Gasteiger partial charge in [0.05, 0.1) is 5.69 Å². The monoisotopic (exact) mass is 261 g/mol. The fourth-order valence-electron chi connectivity index (χ4n) is 1.48. The van der Waals surface area contributed by atoms with Gasteiger partial charge < -0.3 is 5.32 Å². The maximum Gasteiger partial charge on any atom is 0.182 e. The predicted octanol–water partition coefficient (Wildman–Crippen LogP) is 2.70. The lowest BCUT2D eigenvalue weighted by atomic mass is 10.3. The second-order valence-corrected chi connectivity index (χ2v) is 3.67. The van der Waals surface area contributed by atoms with Crippen LogP contribution in [0.3, 0.4) is 0 Å². The highest BCUT2D eigenvalue weighted by molar-refractivity contribution is 5.60. The first-order chi connectivity index (χ1) is 9.08. The smallest absolute Gasteiger partial charge is 0.182 e. The van der Waals surface area contributed by atoms with Crippen molar-refractivity contribution in [1.29, 1.82) is 5.26 Å². The van der Waals surface area contributed by atoms with Gasteiger partial charge in [0.15, 0.2) is 6.19 Å². The van der Waals surface area contributed by atoms with Gasteiger partial charge >= 0.3 is 0 Å². The zero-order valence-electron chi connectivity index (χ0n) is 9.91. The van der Waals surface area contributed by atoms with Gasteiger partial charge in [-0.05, 0) is 19.1 Å².